The topological polar surface area (TPSA) is 75.7 Å². The third-order valence-corrected chi connectivity index (χ3v) is 5.18. The van der Waals surface area contributed by atoms with Gasteiger partial charge < -0.3 is 9.73 Å². The number of amides is 1. The van der Waals surface area contributed by atoms with Crippen molar-refractivity contribution in [1.29, 1.82) is 0 Å². The molecule has 3 aromatic heterocycles. The summed E-state index contributed by atoms with van der Waals surface area (Å²) in [7, 11) is 0. The van der Waals surface area contributed by atoms with Gasteiger partial charge in [-0.2, -0.15) is 5.10 Å². The van der Waals surface area contributed by atoms with Gasteiger partial charge in [0.1, 0.15) is 11.3 Å². The Morgan fingerprint density at radius 1 is 1.30 bits per heavy atom. The Morgan fingerprint density at radius 2 is 2.11 bits per heavy atom. The van der Waals surface area contributed by atoms with Gasteiger partial charge in [0.15, 0.2) is 5.65 Å². The highest BCUT2D eigenvalue weighted by atomic mass is 16.3. The number of rotatable bonds is 5. The number of aryl methyl sites for hydroxylation is 2. The third-order valence-electron chi connectivity index (χ3n) is 5.18. The smallest absolute Gasteiger partial charge is 0.256 e. The van der Waals surface area contributed by atoms with E-state index in [0.29, 0.717) is 17.8 Å². The van der Waals surface area contributed by atoms with Crippen LogP contribution in [0.3, 0.4) is 0 Å². The Morgan fingerprint density at radius 3 is 2.85 bits per heavy atom. The van der Waals surface area contributed by atoms with Gasteiger partial charge in [0, 0.05) is 17.9 Å². The molecule has 1 atom stereocenters. The van der Waals surface area contributed by atoms with E-state index in [1.807, 2.05) is 32.0 Å². The first-order chi connectivity index (χ1) is 13.1. The first-order valence-electron chi connectivity index (χ1n) is 9.51. The summed E-state index contributed by atoms with van der Waals surface area (Å²) < 4.78 is 7.36. The van der Waals surface area contributed by atoms with Crippen molar-refractivity contribution >= 4 is 11.6 Å². The molecule has 27 heavy (non-hydrogen) atoms. The summed E-state index contributed by atoms with van der Waals surface area (Å²) in [5, 5.41) is 7.38. The van der Waals surface area contributed by atoms with Gasteiger partial charge in [-0.1, -0.05) is 6.42 Å². The standard InChI is InChI=1S/C20H25N5O2/c1-14-11-15(2)25-19(23-14)16(12-22-25)20(26)21-13-17(18-7-6-10-27-18)24-8-4-3-5-9-24/h6-7,10-12,17H,3-5,8-9,13H2,1-2H3,(H,21,26). The van der Waals surface area contributed by atoms with Crippen molar-refractivity contribution in [3.63, 3.8) is 0 Å². The molecule has 0 aliphatic carbocycles. The number of carbonyl (C=O) groups is 1. The summed E-state index contributed by atoms with van der Waals surface area (Å²) in [6.07, 6.45) is 6.91. The second-order valence-corrected chi connectivity index (χ2v) is 7.17. The lowest BCUT2D eigenvalue weighted by Crippen LogP contribution is -2.40. The minimum Gasteiger partial charge on any atom is -0.468 e. The molecule has 1 amide bonds. The molecule has 1 aliphatic rings. The fourth-order valence-electron chi connectivity index (χ4n) is 3.84. The minimum atomic E-state index is -0.156. The number of aromatic nitrogens is 3. The maximum absolute atomic E-state index is 12.8. The number of piperidine rings is 1. The lowest BCUT2D eigenvalue weighted by molar-refractivity contribution is 0.0915. The van der Waals surface area contributed by atoms with Crippen LogP contribution in [-0.4, -0.2) is 45.0 Å². The number of hydrogen-bond donors (Lipinski definition) is 1. The Labute approximate surface area is 158 Å². The largest absolute Gasteiger partial charge is 0.468 e. The number of carbonyl (C=O) groups excluding carboxylic acids is 1. The molecule has 0 bridgehead atoms. The highest BCUT2D eigenvalue weighted by molar-refractivity contribution is 5.99. The van der Waals surface area contributed by atoms with Crippen LogP contribution >= 0.6 is 0 Å². The van der Waals surface area contributed by atoms with E-state index in [1.165, 1.54) is 19.3 Å². The van der Waals surface area contributed by atoms with Gasteiger partial charge in [-0.3, -0.25) is 9.69 Å². The molecule has 142 valence electrons. The van der Waals surface area contributed by atoms with Gasteiger partial charge >= 0.3 is 0 Å². The molecule has 1 saturated heterocycles. The molecule has 4 heterocycles. The second-order valence-electron chi connectivity index (χ2n) is 7.17. The zero-order chi connectivity index (χ0) is 18.8. The van der Waals surface area contributed by atoms with Crippen molar-refractivity contribution in [3.8, 4) is 0 Å². The molecule has 1 aliphatic heterocycles. The lowest BCUT2D eigenvalue weighted by atomic mass is 10.1. The first kappa shape index (κ1) is 17.7. The molecule has 3 aromatic rings. The van der Waals surface area contributed by atoms with Crippen LogP contribution in [0.15, 0.2) is 35.1 Å². The molecule has 7 heteroatoms. The maximum Gasteiger partial charge on any atom is 0.256 e. The molecule has 0 aromatic carbocycles. The summed E-state index contributed by atoms with van der Waals surface area (Å²) in [5.74, 6) is 0.734. The number of hydrogen-bond acceptors (Lipinski definition) is 5. The summed E-state index contributed by atoms with van der Waals surface area (Å²) in [5.41, 5.74) is 2.92. The molecule has 7 nitrogen and oxygen atoms in total. The zero-order valence-corrected chi connectivity index (χ0v) is 15.8. The maximum atomic E-state index is 12.8. The van der Waals surface area contributed by atoms with E-state index < -0.39 is 0 Å². The Hall–Kier alpha value is -2.67. The third kappa shape index (κ3) is 3.60. The van der Waals surface area contributed by atoms with Crippen molar-refractivity contribution < 1.29 is 9.21 Å². The Balaban J connectivity index is 1.53. The number of nitrogens with one attached hydrogen (secondary N) is 1. The normalized spacial score (nSPS) is 16.5. The Bertz CT molecular complexity index is 925. The summed E-state index contributed by atoms with van der Waals surface area (Å²) in [6, 6.07) is 5.87. The van der Waals surface area contributed by atoms with E-state index in [0.717, 1.165) is 30.2 Å². The highest BCUT2D eigenvalue weighted by Gasteiger charge is 2.25. The highest BCUT2D eigenvalue weighted by Crippen LogP contribution is 2.24. The summed E-state index contributed by atoms with van der Waals surface area (Å²) in [4.78, 5) is 19.7. The molecule has 4 rings (SSSR count). The van der Waals surface area contributed by atoms with Crippen LogP contribution in [0.1, 0.15) is 52.8 Å². The quantitative estimate of drug-likeness (QED) is 0.750. The fraction of sp³-hybridized carbons (Fsp3) is 0.450. The van der Waals surface area contributed by atoms with Gasteiger partial charge in [-0.05, 0) is 58.0 Å². The first-order valence-corrected chi connectivity index (χ1v) is 9.51. The zero-order valence-electron chi connectivity index (χ0n) is 15.8. The molecule has 0 radical (unpaired) electrons. The number of nitrogens with zero attached hydrogens (tertiary/aromatic N) is 4. The van der Waals surface area contributed by atoms with Crippen molar-refractivity contribution in [2.24, 2.45) is 0 Å². The second kappa shape index (κ2) is 7.52. The molecule has 1 N–H and O–H groups in total. The molecular weight excluding hydrogens is 342 g/mol. The van der Waals surface area contributed by atoms with Gasteiger partial charge in [0.2, 0.25) is 0 Å². The van der Waals surface area contributed by atoms with Crippen LogP contribution in [0, 0.1) is 13.8 Å². The van der Waals surface area contributed by atoms with Gasteiger partial charge in [0.05, 0.1) is 18.5 Å². The van der Waals surface area contributed by atoms with Crippen LogP contribution in [0.5, 0.6) is 0 Å². The van der Waals surface area contributed by atoms with Gasteiger partial charge in [0.25, 0.3) is 5.91 Å². The van der Waals surface area contributed by atoms with E-state index in [2.05, 4.69) is 20.3 Å². The lowest BCUT2D eigenvalue weighted by Gasteiger charge is -2.33. The van der Waals surface area contributed by atoms with Crippen molar-refractivity contribution in [1.82, 2.24) is 24.8 Å². The number of furan rings is 1. The van der Waals surface area contributed by atoms with E-state index in [-0.39, 0.29) is 11.9 Å². The van der Waals surface area contributed by atoms with Gasteiger partial charge in [-0.25, -0.2) is 9.50 Å². The van der Waals surface area contributed by atoms with Crippen LogP contribution in [-0.2, 0) is 0 Å². The van der Waals surface area contributed by atoms with E-state index in [1.54, 1.807) is 17.0 Å². The monoisotopic (exact) mass is 367 g/mol. The summed E-state index contributed by atoms with van der Waals surface area (Å²) >= 11 is 0. The van der Waals surface area contributed by atoms with Crippen LogP contribution in [0.2, 0.25) is 0 Å². The minimum absolute atomic E-state index is 0.0440. The number of likely N-dealkylation sites (tertiary alicyclic amines) is 1. The number of fused-ring (bicyclic) bond motifs is 1. The fourth-order valence-corrected chi connectivity index (χ4v) is 3.84. The summed E-state index contributed by atoms with van der Waals surface area (Å²) in [6.45, 7) is 6.43. The predicted octanol–water partition coefficient (Wildman–Crippen LogP) is 2.90. The van der Waals surface area contributed by atoms with E-state index in [4.69, 9.17) is 4.42 Å². The van der Waals surface area contributed by atoms with Crippen LogP contribution < -0.4 is 5.32 Å². The SMILES string of the molecule is Cc1cc(C)n2ncc(C(=O)NCC(c3ccco3)N3CCCCC3)c2n1. The average molecular weight is 367 g/mol. The molecule has 1 fully saturated rings. The van der Waals surface area contributed by atoms with E-state index >= 15 is 0 Å². The van der Waals surface area contributed by atoms with Crippen LogP contribution in [0.4, 0.5) is 0 Å². The van der Waals surface area contributed by atoms with E-state index in [9.17, 15) is 4.79 Å². The molecule has 0 spiro atoms. The van der Waals surface area contributed by atoms with Crippen molar-refractivity contribution in [2.75, 3.05) is 19.6 Å². The predicted molar refractivity (Wildman–Crippen MR) is 102 cm³/mol. The molecule has 1 unspecified atom stereocenters. The Kier molecular flexibility index (Phi) is 4.94. The van der Waals surface area contributed by atoms with Crippen LogP contribution in [0.25, 0.3) is 5.65 Å². The average Bonchev–Trinajstić information content (AvgIpc) is 3.33. The molecular formula is C20H25N5O2. The molecule has 0 saturated carbocycles. The van der Waals surface area contributed by atoms with Crippen molar-refractivity contribution in [2.45, 2.75) is 39.2 Å². The van der Waals surface area contributed by atoms with Gasteiger partial charge in [-0.15, -0.1) is 0 Å². The van der Waals surface area contributed by atoms with Crippen molar-refractivity contribution in [3.05, 3.63) is 53.4 Å².